The smallest absolute Gasteiger partial charge is 0.436 e. The Hall–Kier alpha value is -3.07. The summed E-state index contributed by atoms with van der Waals surface area (Å²) in [6.45, 7) is 0. The van der Waals surface area contributed by atoms with Crippen molar-refractivity contribution in [2.24, 2.45) is 7.05 Å². The van der Waals surface area contributed by atoms with Crippen molar-refractivity contribution in [1.29, 1.82) is 0 Å². The van der Waals surface area contributed by atoms with Crippen LogP contribution in [0.15, 0.2) is 48.5 Å². The van der Waals surface area contributed by atoms with Gasteiger partial charge in [0.25, 0.3) is 5.91 Å². The third kappa shape index (κ3) is 4.25. The summed E-state index contributed by atoms with van der Waals surface area (Å²) < 4.78 is 59.5. The molecule has 1 amide bonds. The Morgan fingerprint density at radius 3 is 2.46 bits per heavy atom. The summed E-state index contributed by atoms with van der Waals surface area (Å²) in [6.07, 6.45) is -4.90. The van der Waals surface area contributed by atoms with Gasteiger partial charge in [-0.2, -0.15) is 18.3 Å². The van der Waals surface area contributed by atoms with Gasteiger partial charge in [0.1, 0.15) is 17.1 Å². The first-order valence-electron chi connectivity index (χ1n) is 7.79. The number of alkyl halides is 3. The van der Waals surface area contributed by atoms with Crippen LogP contribution in [0, 0.1) is 5.82 Å². The molecule has 28 heavy (non-hydrogen) atoms. The molecule has 0 saturated carbocycles. The molecule has 2 aromatic carbocycles. The molecule has 5 nitrogen and oxygen atoms in total. The summed E-state index contributed by atoms with van der Waals surface area (Å²) in [6, 6.07) is 10.5. The minimum atomic E-state index is -4.90. The van der Waals surface area contributed by atoms with E-state index in [1.54, 1.807) is 6.07 Å². The number of rotatable bonds is 4. The monoisotopic (exact) mass is 413 g/mol. The second-order valence-corrected chi connectivity index (χ2v) is 6.11. The lowest BCUT2D eigenvalue weighted by Gasteiger charge is -2.11. The number of halogens is 5. The fourth-order valence-electron chi connectivity index (χ4n) is 2.40. The molecule has 0 aliphatic heterocycles. The van der Waals surface area contributed by atoms with E-state index >= 15 is 0 Å². The molecule has 1 N–H and O–H groups in total. The fourth-order valence-corrected chi connectivity index (χ4v) is 2.58. The van der Waals surface area contributed by atoms with E-state index in [-0.39, 0.29) is 11.4 Å². The van der Waals surface area contributed by atoms with Gasteiger partial charge >= 0.3 is 6.18 Å². The molecule has 10 heteroatoms. The highest BCUT2D eigenvalue weighted by molar-refractivity contribution is 6.30. The molecule has 0 bridgehead atoms. The number of benzene rings is 2. The molecule has 0 aliphatic carbocycles. The van der Waals surface area contributed by atoms with Crippen LogP contribution in [0.2, 0.25) is 5.02 Å². The molecule has 146 valence electrons. The van der Waals surface area contributed by atoms with Crippen LogP contribution in [0.1, 0.15) is 16.1 Å². The van der Waals surface area contributed by atoms with E-state index in [2.05, 4.69) is 10.4 Å². The second-order valence-electron chi connectivity index (χ2n) is 5.67. The number of aromatic nitrogens is 2. The number of anilines is 1. The fraction of sp³-hybridized carbons (Fsp3) is 0.111. The molecule has 0 spiro atoms. The maximum Gasteiger partial charge on any atom is 0.436 e. The van der Waals surface area contributed by atoms with E-state index in [0.29, 0.717) is 5.02 Å². The van der Waals surface area contributed by atoms with Crippen LogP contribution < -0.4 is 10.1 Å². The van der Waals surface area contributed by atoms with E-state index in [0.717, 1.165) is 16.8 Å². The summed E-state index contributed by atoms with van der Waals surface area (Å²) in [5, 5.41) is 5.97. The van der Waals surface area contributed by atoms with Crippen LogP contribution in [0.5, 0.6) is 11.6 Å². The maximum atomic E-state index is 13.4. The van der Waals surface area contributed by atoms with Crippen LogP contribution >= 0.6 is 11.6 Å². The predicted octanol–water partition coefficient (Wildman–Crippen LogP) is 5.28. The van der Waals surface area contributed by atoms with Gasteiger partial charge in [0.2, 0.25) is 5.88 Å². The van der Waals surface area contributed by atoms with Gasteiger partial charge in [0.05, 0.1) is 0 Å². The first kappa shape index (κ1) is 19.7. The number of hydrogen-bond acceptors (Lipinski definition) is 3. The largest absolute Gasteiger partial charge is 0.438 e. The number of amides is 1. The number of carbonyl (C=O) groups is 1. The van der Waals surface area contributed by atoms with Gasteiger partial charge < -0.3 is 10.1 Å². The van der Waals surface area contributed by atoms with Gasteiger partial charge in [-0.1, -0.05) is 17.7 Å². The normalized spacial score (nSPS) is 11.4. The lowest BCUT2D eigenvalue weighted by Crippen LogP contribution is -2.18. The quantitative estimate of drug-likeness (QED) is 0.592. The number of ether oxygens (including phenoxy) is 1. The van der Waals surface area contributed by atoms with Crippen molar-refractivity contribution in [3.05, 3.63) is 70.6 Å². The van der Waals surface area contributed by atoms with Crippen molar-refractivity contribution in [3.8, 4) is 11.6 Å². The Kier molecular flexibility index (Phi) is 5.28. The van der Waals surface area contributed by atoms with Crippen molar-refractivity contribution < 1.29 is 27.1 Å². The van der Waals surface area contributed by atoms with Crippen molar-refractivity contribution >= 4 is 23.2 Å². The Balaban J connectivity index is 2.03. The molecular weight excluding hydrogens is 402 g/mol. The van der Waals surface area contributed by atoms with Crippen LogP contribution in [-0.4, -0.2) is 15.7 Å². The highest BCUT2D eigenvalue weighted by Crippen LogP contribution is 2.37. The Morgan fingerprint density at radius 2 is 1.86 bits per heavy atom. The number of carbonyl (C=O) groups excluding carboxylic acids is 1. The Bertz CT molecular complexity index is 1020. The summed E-state index contributed by atoms with van der Waals surface area (Å²) in [5.41, 5.74) is -2.11. The third-order valence-electron chi connectivity index (χ3n) is 3.60. The molecule has 1 aromatic heterocycles. The topological polar surface area (TPSA) is 56.2 Å². The maximum absolute atomic E-state index is 13.4. The average Bonchev–Trinajstić information content (AvgIpc) is 2.94. The standard InChI is InChI=1S/C18H12ClF4N3O2/c1-26-17(28-13-4-2-3-10(19)9-13)14(15(25-26)18(21,22)23)16(27)24-12-7-5-11(20)6-8-12/h2-9H,1H3,(H,24,27). The molecule has 0 atom stereocenters. The number of hydrogen-bond donors (Lipinski definition) is 1. The van der Waals surface area contributed by atoms with Crippen molar-refractivity contribution in [3.63, 3.8) is 0 Å². The minimum absolute atomic E-state index is 0.108. The van der Waals surface area contributed by atoms with Crippen LogP contribution in [-0.2, 0) is 13.2 Å². The molecule has 0 saturated heterocycles. The molecule has 0 aliphatic rings. The van der Waals surface area contributed by atoms with Crippen LogP contribution in [0.25, 0.3) is 0 Å². The van der Waals surface area contributed by atoms with Crippen LogP contribution in [0.4, 0.5) is 23.2 Å². The highest BCUT2D eigenvalue weighted by Gasteiger charge is 2.42. The second kappa shape index (κ2) is 7.51. The molecule has 0 radical (unpaired) electrons. The molecular formula is C18H12ClF4N3O2. The van der Waals surface area contributed by atoms with Crippen molar-refractivity contribution in [1.82, 2.24) is 9.78 Å². The molecule has 3 aromatic rings. The zero-order valence-corrected chi connectivity index (χ0v) is 15.0. The summed E-state index contributed by atoms with van der Waals surface area (Å²) in [4.78, 5) is 12.6. The highest BCUT2D eigenvalue weighted by atomic mass is 35.5. The van der Waals surface area contributed by atoms with E-state index < -0.39 is 35.0 Å². The molecule has 3 rings (SSSR count). The van der Waals surface area contributed by atoms with Crippen molar-refractivity contribution in [2.45, 2.75) is 6.18 Å². The summed E-state index contributed by atoms with van der Waals surface area (Å²) in [7, 11) is 1.21. The predicted molar refractivity (Wildman–Crippen MR) is 94.1 cm³/mol. The van der Waals surface area contributed by atoms with Crippen LogP contribution in [0.3, 0.4) is 0 Å². The van der Waals surface area contributed by atoms with Gasteiger partial charge in [-0.3, -0.25) is 4.79 Å². The Labute approximate surface area is 161 Å². The van der Waals surface area contributed by atoms with E-state index in [9.17, 15) is 22.4 Å². The average molecular weight is 414 g/mol. The summed E-state index contributed by atoms with van der Waals surface area (Å²) >= 11 is 5.86. The molecule has 1 heterocycles. The number of nitrogens with zero attached hydrogens (tertiary/aromatic N) is 2. The minimum Gasteiger partial charge on any atom is -0.438 e. The Morgan fingerprint density at radius 1 is 1.18 bits per heavy atom. The van der Waals surface area contributed by atoms with Gasteiger partial charge in [-0.25, -0.2) is 9.07 Å². The summed E-state index contributed by atoms with van der Waals surface area (Å²) in [5.74, 6) is -1.96. The van der Waals surface area contributed by atoms with Crippen molar-refractivity contribution in [2.75, 3.05) is 5.32 Å². The first-order valence-corrected chi connectivity index (χ1v) is 8.17. The van der Waals surface area contributed by atoms with Gasteiger partial charge in [-0.15, -0.1) is 0 Å². The SMILES string of the molecule is Cn1nc(C(F)(F)F)c(C(=O)Nc2ccc(F)cc2)c1Oc1cccc(Cl)c1. The van der Waals surface area contributed by atoms with E-state index in [1.165, 1.54) is 37.4 Å². The van der Waals surface area contributed by atoms with E-state index in [4.69, 9.17) is 16.3 Å². The molecule has 0 fully saturated rings. The van der Waals surface area contributed by atoms with Gasteiger partial charge in [-0.05, 0) is 42.5 Å². The first-order chi connectivity index (χ1) is 13.1. The zero-order chi connectivity index (χ0) is 20.5. The van der Waals surface area contributed by atoms with Gasteiger partial charge in [0, 0.05) is 17.8 Å². The number of nitrogens with one attached hydrogen (secondary N) is 1. The third-order valence-corrected chi connectivity index (χ3v) is 3.84. The van der Waals surface area contributed by atoms with E-state index in [1.807, 2.05) is 0 Å². The lowest BCUT2D eigenvalue weighted by atomic mass is 10.2. The molecule has 0 unspecified atom stereocenters. The number of aryl methyl sites for hydroxylation is 1. The van der Waals surface area contributed by atoms with Gasteiger partial charge in [0.15, 0.2) is 5.69 Å². The zero-order valence-electron chi connectivity index (χ0n) is 14.2. The lowest BCUT2D eigenvalue weighted by molar-refractivity contribution is -0.141.